The molecule has 1 fully saturated rings. The summed E-state index contributed by atoms with van der Waals surface area (Å²) in [5.74, 6) is 0.151. The summed E-state index contributed by atoms with van der Waals surface area (Å²) < 4.78 is 0. The summed E-state index contributed by atoms with van der Waals surface area (Å²) in [7, 11) is 0. The maximum Gasteiger partial charge on any atom is 0.240 e. The van der Waals surface area contributed by atoms with E-state index >= 15 is 0 Å². The van der Waals surface area contributed by atoms with Gasteiger partial charge >= 0.3 is 0 Å². The topological polar surface area (TPSA) is 41.1 Å². The second-order valence-electron chi connectivity index (χ2n) is 6.11. The minimum atomic E-state index is -0.376. The number of hydrogen-bond acceptors (Lipinski definition) is 2. The third kappa shape index (κ3) is 4.07. The van der Waals surface area contributed by atoms with Crippen LogP contribution < -0.4 is 10.6 Å². The Kier molecular flexibility index (Phi) is 5.18. The molecule has 3 heteroatoms. The minimum absolute atomic E-state index is 0.151. The van der Waals surface area contributed by atoms with Crippen LogP contribution in [-0.4, -0.2) is 24.0 Å². The van der Waals surface area contributed by atoms with Crippen LogP contribution in [0.3, 0.4) is 0 Å². The average molecular weight is 274 g/mol. The molecule has 0 radical (unpaired) electrons. The van der Waals surface area contributed by atoms with E-state index in [0.29, 0.717) is 0 Å². The zero-order valence-corrected chi connectivity index (χ0v) is 12.6. The van der Waals surface area contributed by atoms with Crippen molar-refractivity contribution in [2.45, 2.75) is 57.5 Å². The van der Waals surface area contributed by atoms with Gasteiger partial charge in [-0.05, 0) is 58.1 Å². The summed E-state index contributed by atoms with van der Waals surface area (Å²) in [6.45, 7) is 5.06. The number of rotatable bonds is 5. The smallest absolute Gasteiger partial charge is 0.240 e. The standard InChI is InChI=1S/C17H26N2O/c1-14(10-11-15-8-4-3-5-9-15)19-16(20)17(2)12-6-7-13-18-17/h3-5,8-9,14,18H,6-7,10-13H2,1-2H3,(H,19,20). The fourth-order valence-electron chi connectivity index (χ4n) is 2.73. The van der Waals surface area contributed by atoms with Gasteiger partial charge in [-0.15, -0.1) is 0 Å². The lowest BCUT2D eigenvalue weighted by atomic mass is 9.89. The van der Waals surface area contributed by atoms with Gasteiger partial charge in [-0.25, -0.2) is 0 Å². The van der Waals surface area contributed by atoms with Crippen molar-refractivity contribution < 1.29 is 4.79 Å². The fourth-order valence-corrected chi connectivity index (χ4v) is 2.73. The van der Waals surface area contributed by atoms with Gasteiger partial charge in [0, 0.05) is 6.04 Å². The van der Waals surface area contributed by atoms with E-state index in [9.17, 15) is 4.79 Å². The van der Waals surface area contributed by atoms with Crippen LogP contribution in [0, 0.1) is 0 Å². The van der Waals surface area contributed by atoms with Gasteiger partial charge in [-0.2, -0.15) is 0 Å². The average Bonchev–Trinajstić information content (AvgIpc) is 2.47. The Labute approximate surface area is 122 Å². The molecule has 1 heterocycles. The van der Waals surface area contributed by atoms with E-state index < -0.39 is 0 Å². The Morgan fingerprint density at radius 2 is 2.10 bits per heavy atom. The van der Waals surface area contributed by atoms with Gasteiger partial charge in [0.05, 0.1) is 5.54 Å². The van der Waals surface area contributed by atoms with E-state index in [4.69, 9.17) is 0 Å². The van der Waals surface area contributed by atoms with Crippen LogP contribution in [0.1, 0.15) is 45.1 Å². The summed E-state index contributed by atoms with van der Waals surface area (Å²) >= 11 is 0. The Morgan fingerprint density at radius 1 is 1.35 bits per heavy atom. The van der Waals surface area contributed by atoms with Crippen molar-refractivity contribution in [3.05, 3.63) is 35.9 Å². The molecule has 0 saturated carbocycles. The van der Waals surface area contributed by atoms with Crippen molar-refractivity contribution in [3.63, 3.8) is 0 Å². The number of carbonyl (C=O) groups is 1. The van der Waals surface area contributed by atoms with E-state index in [1.54, 1.807) is 0 Å². The van der Waals surface area contributed by atoms with Gasteiger partial charge in [0.1, 0.15) is 0 Å². The molecule has 20 heavy (non-hydrogen) atoms. The van der Waals surface area contributed by atoms with Crippen molar-refractivity contribution in [3.8, 4) is 0 Å². The highest BCUT2D eigenvalue weighted by atomic mass is 16.2. The molecule has 1 aliphatic rings. The highest BCUT2D eigenvalue weighted by Gasteiger charge is 2.34. The lowest BCUT2D eigenvalue weighted by Crippen LogP contribution is -2.58. The van der Waals surface area contributed by atoms with E-state index in [-0.39, 0.29) is 17.5 Å². The molecular formula is C17H26N2O. The second-order valence-corrected chi connectivity index (χ2v) is 6.11. The molecule has 2 atom stereocenters. The summed E-state index contributed by atoms with van der Waals surface area (Å²) in [5.41, 5.74) is 0.954. The first kappa shape index (κ1) is 15.0. The lowest BCUT2D eigenvalue weighted by Gasteiger charge is -2.34. The zero-order chi connectivity index (χ0) is 14.4. The molecule has 2 rings (SSSR count). The maximum atomic E-state index is 12.4. The molecule has 1 aliphatic heterocycles. The van der Waals surface area contributed by atoms with Gasteiger partial charge < -0.3 is 10.6 Å². The highest BCUT2D eigenvalue weighted by molar-refractivity contribution is 5.86. The van der Waals surface area contributed by atoms with Gasteiger partial charge in [0.15, 0.2) is 0 Å². The number of aryl methyl sites for hydroxylation is 1. The van der Waals surface area contributed by atoms with Crippen LogP contribution in [-0.2, 0) is 11.2 Å². The Hall–Kier alpha value is -1.35. The Bertz CT molecular complexity index is 424. The minimum Gasteiger partial charge on any atom is -0.352 e. The summed E-state index contributed by atoms with van der Waals surface area (Å²) in [5, 5.41) is 6.52. The van der Waals surface area contributed by atoms with Crippen LogP contribution in [0.2, 0.25) is 0 Å². The number of piperidine rings is 1. The number of hydrogen-bond donors (Lipinski definition) is 2. The lowest BCUT2D eigenvalue weighted by molar-refractivity contribution is -0.128. The molecule has 3 nitrogen and oxygen atoms in total. The molecule has 1 amide bonds. The number of carbonyl (C=O) groups excluding carboxylic acids is 1. The van der Waals surface area contributed by atoms with Crippen LogP contribution in [0.25, 0.3) is 0 Å². The predicted molar refractivity (Wildman–Crippen MR) is 82.6 cm³/mol. The molecule has 0 bridgehead atoms. The monoisotopic (exact) mass is 274 g/mol. The van der Waals surface area contributed by atoms with Gasteiger partial charge in [-0.3, -0.25) is 4.79 Å². The molecule has 1 aromatic carbocycles. The second kappa shape index (κ2) is 6.89. The molecule has 110 valence electrons. The van der Waals surface area contributed by atoms with Crippen molar-refractivity contribution in [2.24, 2.45) is 0 Å². The van der Waals surface area contributed by atoms with Gasteiger partial charge in [0.2, 0.25) is 5.91 Å². The van der Waals surface area contributed by atoms with E-state index in [1.165, 1.54) is 12.0 Å². The summed E-state index contributed by atoms with van der Waals surface area (Å²) in [6.07, 6.45) is 5.23. The largest absolute Gasteiger partial charge is 0.352 e. The quantitative estimate of drug-likeness (QED) is 0.866. The van der Waals surface area contributed by atoms with Gasteiger partial charge in [0.25, 0.3) is 0 Å². The highest BCUT2D eigenvalue weighted by Crippen LogP contribution is 2.19. The van der Waals surface area contributed by atoms with Crippen molar-refractivity contribution in [1.29, 1.82) is 0 Å². The first-order valence-corrected chi connectivity index (χ1v) is 7.70. The van der Waals surface area contributed by atoms with Crippen LogP contribution in [0.15, 0.2) is 30.3 Å². The first-order valence-electron chi connectivity index (χ1n) is 7.70. The summed E-state index contributed by atoms with van der Waals surface area (Å²) in [6, 6.07) is 10.6. The third-order valence-corrected chi connectivity index (χ3v) is 4.21. The molecule has 0 aliphatic carbocycles. The van der Waals surface area contributed by atoms with Crippen molar-refractivity contribution >= 4 is 5.91 Å². The molecule has 2 unspecified atom stereocenters. The van der Waals surface area contributed by atoms with E-state index in [0.717, 1.165) is 32.2 Å². The molecule has 2 N–H and O–H groups in total. The number of benzene rings is 1. The Morgan fingerprint density at radius 3 is 2.75 bits per heavy atom. The third-order valence-electron chi connectivity index (χ3n) is 4.21. The van der Waals surface area contributed by atoms with Crippen LogP contribution >= 0.6 is 0 Å². The molecule has 0 aromatic heterocycles. The zero-order valence-electron chi connectivity index (χ0n) is 12.6. The maximum absolute atomic E-state index is 12.4. The number of amides is 1. The molecule has 0 spiro atoms. The molecular weight excluding hydrogens is 248 g/mol. The fraction of sp³-hybridized carbons (Fsp3) is 0.588. The van der Waals surface area contributed by atoms with Crippen LogP contribution in [0.5, 0.6) is 0 Å². The first-order chi connectivity index (χ1) is 9.60. The predicted octanol–water partition coefficient (Wildman–Crippen LogP) is 2.66. The SMILES string of the molecule is CC(CCc1ccccc1)NC(=O)C1(C)CCCCN1. The normalized spacial score (nSPS) is 24.1. The number of nitrogens with one attached hydrogen (secondary N) is 2. The summed E-state index contributed by atoms with van der Waals surface area (Å²) in [4.78, 5) is 12.4. The van der Waals surface area contributed by atoms with E-state index in [2.05, 4.69) is 41.8 Å². The van der Waals surface area contributed by atoms with Crippen molar-refractivity contribution in [2.75, 3.05) is 6.54 Å². The molecule has 1 aromatic rings. The van der Waals surface area contributed by atoms with E-state index in [1.807, 2.05) is 13.0 Å². The van der Waals surface area contributed by atoms with Crippen LogP contribution in [0.4, 0.5) is 0 Å². The molecule has 1 saturated heterocycles. The van der Waals surface area contributed by atoms with Crippen molar-refractivity contribution in [1.82, 2.24) is 10.6 Å². The Balaban J connectivity index is 1.79. The van der Waals surface area contributed by atoms with Gasteiger partial charge in [-0.1, -0.05) is 30.3 Å².